The summed E-state index contributed by atoms with van der Waals surface area (Å²) in [5.74, 6) is 1.53. The van der Waals surface area contributed by atoms with Gasteiger partial charge in [0.15, 0.2) is 0 Å². The molecule has 0 bridgehead atoms. The van der Waals surface area contributed by atoms with Crippen LogP contribution in [-0.4, -0.2) is 48.7 Å². The molecular formula is C21H21ClN2O3. The summed E-state index contributed by atoms with van der Waals surface area (Å²) in [5.41, 5.74) is 2.78. The van der Waals surface area contributed by atoms with Gasteiger partial charge in [-0.25, -0.2) is 4.79 Å². The molecule has 2 aliphatic rings. The number of nitrogens with zero attached hydrogens (tertiary/aromatic N) is 2. The highest BCUT2D eigenvalue weighted by Gasteiger charge is 2.29. The first-order chi connectivity index (χ1) is 13.2. The number of piperazine rings is 1. The highest BCUT2D eigenvalue weighted by atomic mass is 35.5. The van der Waals surface area contributed by atoms with Gasteiger partial charge in [-0.05, 0) is 31.2 Å². The molecule has 0 aliphatic carbocycles. The van der Waals surface area contributed by atoms with Crippen molar-refractivity contribution < 1.29 is 14.3 Å². The van der Waals surface area contributed by atoms with Gasteiger partial charge >= 0.3 is 6.09 Å². The number of fused-ring (bicyclic) bond motifs is 2. The summed E-state index contributed by atoms with van der Waals surface area (Å²) < 4.78 is 11.3. The Balaban J connectivity index is 1.70. The minimum Gasteiger partial charge on any atom is -0.456 e. The Kier molecular flexibility index (Phi) is 4.94. The van der Waals surface area contributed by atoms with Crippen LogP contribution in [0, 0.1) is 0 Å². The second-order valence-electron chi connectivity index (χ2n) is 6.43. The fraction of sp³-hybridized carbons (Fsp3) is 0.286. The highest BCUT2D eigenvalue weighted by Crippen LogP contribution is 2.45. The van der Waals surface area contributed by atoms with Gasteiger partial charge in [0.2, 0.25) is 0 Å². The van der Waals surface area contributed by atoms with Gasteiger partial charge in [0.1, 0.15) is 11.5 Å². The molecule has 1 saturated heterocycles. The zero-order chi connectivity index (χ0) is 18.8. The van der Waals surface area contributed by atoms with Gasteiger partial charge in [-0.3, -0.25) is 0 Å². The second-order valence-corrected chi connectivity index (χ2v) is 6.81. The van der Waals surface area contributed by atoms with E-state index in [9.17, 15) is 4.79 Å². The Hall–Kier alpha value is -2.66. The van der Waals surface area contributed by atoms with Crippen LogP contribution in [0.4, 0.5) is 4.79 Å². The van der Waals surface area contributed by atoms with Crippen LogP contribution in [0.5, 0.6) is 11.5 Å². The van der Waals surface area contributed by atoms with E-state index in [0.29, 0.717) is 37.8 Å². The van der Waals surface area contributed by atoms with Gasteiger partial charge in [0.25, 0.3) is 0 Å². The highest BCUT2D eigenvalue weighted by molar-refractivity contribution is 6.53. The number of benzene rings is 2. The molecule has 2 aliphatic heterocycles. The molecule has 2 heterocycles. The first-order valence-corrected chi connectivity index (χ1v) is 9.50. The van der Waals surface area contributed by atoms with Gasteiger partial charge in [-0.2, -0.15) is 0 Å². The van der Waals surface area contributed by atoms with E-state index in [4.69, 9.17) is 21.1 Å². The fourth-order valence-electron chi connectivity index (χ4n) is 3.49. The molecule has 0 saturated carbocycles. The third-order valence-corrected chi connectivity index (χ3v) is 5.20. The zero-order valence-corrected chi connectivity index (χ0v) is 15.9. The predicted molar refractivity (Wildman–Crippen MR) is 106 cm³/mol. The number of ether oxygens (including phenoxy) is 2. The van der Waals surface area contributed by atoms with Crippen molar-refractivity contribution in [2.45, 2.75) is 6.92 Å². The number of halogens is 1. The summed E-state index contributed by atoms with van der Waals surface area (Å²) >= 11 is 6.88. The van der Waals surface area contributed by atoms with E-state index in [1.807, 2.05) is 55.5 Å². The molecule has 1 amide bonds. The van der Waals surface area contributed by atoms with Crippen molar-refractivity contribution in [2.75, 3.05) is 32.8 Å². The summed E-state index contributed by atoms with van der Waals surface area (Å²) in [6.07, 6.45) is -0.257. The van der Waals surface area contributed by atoms with E-state index >= 15 is 0 Å². The average Bonchev–Trinajstić information content (AvgIpc) is 2.82. The minimum absolute atomic E-state index is 0.257. The maximum absolute atomic E-state index is 12.0. The van der Waals surface area contributed by atoms with Crippen LogP contribution >= 0.6 is 11.6 Å². The van der Waals surface area contributed by atoms with Gasteiger partial charge in [-0.1, -0.05) is 35.9 Å². The SMILES string of the molecule is CCOC(=O)N1CCN(C2=C(Cl)c3ccccc3Oc3ccccc32)CC1. The molecule has 27 heavy (non-hydrogen) atoms. The Morgan fingerprint density at radius 3 is 2.26 bits per heavy atom. The molecule has 0 atom stereocenters. The molecule has 2 aromatic rings. The van der Waals surface area contributed by atoms with Crippen LogP contribution in [0.25, 0.3) is 10.7 Å². The average molecular weight is 385 g/mol. The Morgan fingerprint density at radius 1 is 1.00 bits per heavy atom. The van der Waals surface area contributed by atoms with Crippen LogP contribution in [0.15, 0.2) is 48.5 Å². The second kappa shape index (κ2) is 7.53. The van der Waals surface area contributed by atoms with E-state index < -0.39 is 0 Å². The Bertz CT molecular complexity index is 889. The third kappa shape index (κ3) is 3.35. The number of carbonyl (C=O) groups excluding carboxylic acids is 1. The zero-order valence-electron chi connectivity index (χ0n) is 15.2. The van der Waals surface area contributed by atoms with Gasteiger partial charge in [0.05, 0.1) is 17.3 Å². The summed E-state index contributed by atoms with van der Waals surface area (Å²) in [7, 11) is 0. The van der Waals surface area contributed by atoms with Gasteiger partial charge in [0, 0.05) is 37.3 Å². The number of para-hydroxylation sites is 2. The van der Waals surface area contributed by atoms with E-state index in [1.165, 1.54) is 0 Å². The van der Waals surface area contributed by atoms with Crippen molar-refractivity contribution in [3.05, 3.63) is 59.7 Å². The smallest absolute Gasteiger partial charge is 0.409 e. The Morgan fingerprint density at radius 2 is 1.59 bits per heavy atom. The van der Waals surface area contributed by atoms with Crippen molar-refractivity contribution in [3.63, 3.8) is 0 Å². The lowest BCUT2D eigenvalue weighted by Crippen LogP contribution is -2.48. The van der Waals surface area contributed by atoms with Gasteiger partial charge in [-0.15, -0.1) is 0 Å². The molecule has 4 rings (SSSR count). The van der Waals surface area contributed by atoms with E-state index in [-0.39, 0.29) is 6.09 Å². The van der Waals surface area contributed by atoms with Crippen molar-refractivity contribution in [1.29, 1.82) is 0 Å². The summed E-state index contributed by atoms with van der Waals surface area (Å²) in [4.78, 5) is 16.0. The van der Waals surface area contributed by atoms with Crippen LogP contribution in [0.2, 0.25) is 0 Å². The summed E-state index contributed by atoms with van der Waals surface area (Å²) in [6.45, 7) is 4.76. The predicted octanol–water partition coefficient (Wildman–Crippen LogP) is 4.63. The largest absolute Gasteiger partial charge is 0.456 e. The van der Waals surface area contributed by atoms with Crippen LogP contribution < -0.4 is 4.74 Å². The number of carbonyl (C=O) groups is 1. The van der Waals surface area contributed by atoms with Crippen molar-refractivity contribution >= 4 is 28.4 Å². The van der Waals surface area contributed by atoms with E-state index in [2.05, 4.69) is 4.90 Å². The maximum Gasteiger partial charge on any atom is 0.409 e. The molecule has 140 valence electrons. The van der Waals surface area contributed by atoms with Gasteiger partial charge < -0.3 is 19.3 Å². The lowest BCUT2D eigenvalue weighted by atomic mass is 10.1. The lowest BCUT2D eigenvalue weighted by Gasteiger charge is -2.37. The first kappa shape index (κ1) is 17.7. The third-order valence-electron chi connectivity index (χ3n) is 4.82. The van der Waals surface area contributed by atoms with Crippen molar-refractivity contribution in [2.24, 2.45) is 0 Å². The topological polar surface area (TPSA) is 42.0 Å². The molecule has 0 spiro atoms. The van der Waals surface area contributed by atoms with E-state index in [0.717, 1.165) is 28.3 Å². The summed E-state index contributed by atoms with van der Waals surface area (Å²) in [6, 6.07) is 15.7. The Labute approximate surface area is 163 Å². The first-order valence-electron chi connectivity index (χ1n) is 9.12. The molecule has 0 aromatic heterocycles. The molecule has 2 aromatic carbocycles. The fourth-order valence-corrected chi connectivity index (χ4v) is 3.87. The van der Waals surface area contributed by atoms with Crippen LogP contribution in [0.3, 0.4) is 0 Å². The standard InChI is InChI=1S/C21H21ClN2O3/c1-2-26-21(25)24-13-11-23(12-14-24)20-16-8-4-6-10-18(16)27-17-9-5-3-7-15(17)19(20)22/h3-10H,2,11-14H2,1H3. The number of hydrogen-bond donors (Lipinski definition) is 0. The number of amides is 1. The van der Waals surface area contributed by atoms with Crippen LogP contribution in [-0.2, 0) is 4.74 Å². The van der Waals surface area contributed by atoms with Crippen molar-refractivity contribution in [3.8, 4) is 11.5 Å². The van der Waals surface area contributed by atoms with E-state index in [1.54, 1.807) is 4.90 Å². The molecular weight excluding hydrogens is 364 g/mol. The molecule has 1 fully saturated rings. The molecule has 0 N–H and O–H groups in total. The number of rotatable bonds is 2. The molecule has 0 radical (unpaired) electrons. The molecule has 0 unspecified atom stereocenters. The number of hydrogen-bond acceptors (Lipinski definition) is 4. The summed E-state index contributed by atoms with van der Waals surface area (Å²) in [5, 5.41) is 0.667. The normalized spacial score (nSPS) is 16.2. The maximum atomic E-state index is 12.0. The molecule has 5 nitrogen and oxygen atoms in total. The van der Waals surface area contributed by atoms with Crippen LogP contribution in [0.1, 0.15) is 18.1 Å². The monoisotopic (exact) mass is 384 g/mol. The molecule has 6 heteroatoms. The van der Waals surface area contributed by atoms with Crippen molar-refractivity contribution in [1.82, 2.24) is 9.80 Å². The lowest BCUT2D eigenvalue weighted by molar-refractivity contribution is 0.0907. The minimum atomic E-state index is -0.257. The quantitative estimate of drug-likeness (QED) is 0.757.